The van der Waals surface area contributed by atoms with Crippen molar-refractivity contribution < 1.29 is 19.0 Å². The lowest BCUT2D eigenvalue weighted by molar-refractivity contribution is 0.0624. The molecule has 0 aromatic heterocycles. The molecule has 2 amide bonds. The van der Waals surface area contributed by atoms with Gasteiger partial charge in [-0.25, -0.2) is 4.79 Å². The second-order valence-electron chi connectivity index (χ2n) is 6.33. The van der Waals surface area contributed by atoms with E-state index in [9.17, 15) is 4.79 Å². The minimum atomic E-state index is -0.163. The largest absolute Gasteiger partial charge is 0.486 e. The molecule has 2 aliphatic rings. The molecule has 1 N–H and O–H groups in total. The minimum Gasteiger partial charge on any atom is -0.486 e. The van der Waals surface area contributed by atoms with Gasteiger partial charge in [-0.3, -0.25) is 0 Å². The van der Waals surface area contributed by atoms with Gasteiger partial charge in [-0.1, -0.05) is 12.1 Å². The predicted molar refractivity (Wildman–Crippen MR) is 90.6 cm³/mol. The van der Waals surface area contributed by atoms with E-state index in [0.717, 1.165) is 30.9 Å². The molecule has 2 aliphatic heterocycles. The van der Waals surface area contributed by atoms with Crippen molar-refractivity contribution in [3.05, 3.63) is 24.3 Å². The first-order valence-electron chi connectivity index (χ1n) is 8.73. The Morgan fingerprint density at radius 1 is 1.38 bits per heavy atom. The number of para-hydroxylation sites is 2. The lowest BCUT2D eigenvalue weighted by Crippen LogP contribution is -2.51. The lowest BCUT2D eigenvalue weighted by Gasteiger charge is -2.32. The van der Waals surface area contributed by atoms with Crippen LogP contribution in [0, 0.1) is 0 Å². The Morgan fingerprint density at radius 2 is 2.17 bits per heavy atom. The van der Waals surface area contributed by atoms with Crippen LogP contribution >= 0.6 is 0 Å². The summed E-state index contributed by atoms with van der Waals surface area (Å²) >= 11 is 0. The van der Waals surface area contributed by atoms with Crippen molar-refractivity contribution in [1.82, 2.24) is 10.2 Å². The zero-order chi connectivity index (χ0) is 16.9. The quantitative estimate of drug-likeness (QED) is 0.898. The van der Waals surface area contributed by atoms with Crippen LogP contribution in [-0.2, 0) is 4.74 Å². The zero-order valence-corrected chi connectivity index (χ0v) is 14.4. The summed E-state index contributed by atoms with van der Waals surface area (Å²) in [6, 6.07) is 7.54. The molecular weight excluding hydrogens is 308 g/mol. The SMILES string of the molecule is CCN(CC1COc2ccccc2O1)C(=O)NC(C)C1CCCO1. The van der Waals surface area contributed by atoms with Crippen molar-refractivity contribution in [3.63, 3.8) is 0 Å². The van der Waals surface area contributed by atoms with Crippen molar-refractivity contribution in [2.75, 3.05) is 26.3 Å². The fourth-order valence-corrected chi connectivity index (χ4v) is 3.13. The molecule has 1 aromatic rings. The van der Waals surface area contributed by atoms with Crippen LogP contribution in [0.5, 0.6) is 11.5 Å². The minimum absolute atomic E-state index is 0.0123. The summed E-state index contributed by atoms with van der Waals surface area (Å²) in [7, 11) is 0. The summed E-state index contributed by atoms with van der Waals surface area (Å²) in [5, 5.41) is 3.05. The monoisotopic (exact) mass is 334 g/mol. The molecule has 1 aromatic carbocycles. The van der Waals surface area contributed by atoms with Crippen molar-refractivity contribution in [1.29, 1.82) is 0 Å². The number of nitrogens with zero attached hydrogens (tertiary/aromatic N) is 1. The molecule has 2 heterocycles. The van der Waals surface area contributed by atoms with E-state index in [-0.39, 0.29) is 24.3 Å². The number of benzene rings is 1. The first-order chi connectivity index (χ1) is 11.7. The van der Waals surface area contributed by atoms with Crippen LogP contribution in [0.4, 0.5) is 4.79 Å². The van der Waals surface area contributed by atoms with Gasteiger partial charge in [0.15, 0.2) is 17.6 Å². The molecule has 0 bridgehead atoms. The predicted octanol–water partition coefficient (Wildman–Crippen LogP) is 2.43. The van der Waals surface area contributed by atoms with Crippen LogP contribution < -0.4 is 14.8 Å². The van der Waals surface area contributed by atoms with E-state index in [2.05, 4.69) is 5.32 Å². The summed E-state index contributed by atoms with van der Waals surface area (Å²) in [6.45, 7) is 6.31. The van der Waals surface area contributed by atoms with Gasteiger partial charge >= 0.3 is 6.03 Å². The van der Waals surface area contributed by atoms with Crippen LogP contribution in [0.3, 0.4) is 0 Å². The van der Waals surface area contributed by atoms with Crippen LogP contribution in [0.15, 0.2) is 24.3 Å². The summed E-state index contributed by atoms with van der Waals surface area (Å²) in [6.07, 6.45) is 2.02. The number of amides is 2. The Balaban J connectivity index is 1.53. The molecule has 3 unspecified atom stereocenters. The summed E-state index contributed by atoms with van der Waals surface area (Å²) in [5.74, 6) is 1.49. The molecule has 0 radical (unpaired) electrons. The maximum absolute atomic E-state index is 12.5. The average molecular weight is 334 g/mol. The van der Waals surface area contributed by atoms with Gasteiger partial charge in [0.1, 0.15) is 6.61 Å². The number of urea groups is 1. The van der Waals surface area contributed by atoms with E-state index in [1.807, 2.05) is 38.1 Å². The summed E-state index contributed by atoms with van der Waals surface area (Å²) < 4.78 is 17.3. The second kappa shape index (κ2) is 7.75. The molecule has 0 spiro atoms. The van der Waals surface area contributed by atoms with Crippen molar-refractivity contribution in [2.24, 2.45) is 0 Å². The fraction of sp³-hybridized carbons (Fsp3) is 0.611. The summed E-state index contributed by atoms with van der Waals surface area (Å²) in [5.41, 5.74) is 0. The highest BCUT2D eigenvalue weighted by molar-refractivity contribution is 5.74. The van der Waals surface area contributed by atoms with E-state index in [0.29, 0.717) is 19.7 Å². The number of rotatable bonds is 5. The normalized spacial score (nSPS) is 23.6. The number of nitrogens with one attached hydrogen (secondary N) is 1. The number of ether oxygens (including phenoxy) is 3. The highest BCUT2D eigenvalue weighted by atomic mass is 16.6. The highest BCUT2D eigenvalue weighted by Crippen LogP contribution is 2.31. The maximum atomic E-state index is 12.5. The van der Waals surface area contributed by atoms with Crippen LogP contribution in [-0.4, -0.2) is 55.5 Å². The fourth-order valence-electron chi connectivity index (χ4n) is 3.13. The van der Waals surface area contributed by atoms with E-state index >= 15 is 0 Å². The number of likely N-dealkylation sites (N-methyl/N-ethyl adjacent to an activating group) is 1. The van der Waals surface area contributed by atoms with E-state index < -0.39 is 0 Å². The smallest absolute Gasteiger partial charge is 0.317 e. The van der Waals surface area contributed by atoms with Crippen LogP contribution in [0.2, 0.25) is 0 Å². The van der Waals surface area contributed by atoms with Gasteiger partial charge in [-0.15, -0.1) is 0 Å². The summed E-state index contributed by atoms with van der Waals surface area (Å²) in [4.78, 5) is 14.3. The molecule has 132 valence electrons. The van der Waals surface area contributed by atoms with E-state index in [1.165, 1.54) is 0 Å². The molecule has 0 saturated carbocycles. The van der Waals surface area contributed by atoms with Crippen molar-refractivity contribution >= 4 is 6.03 Å². The Bertz CT molecular complexity index is 560. The Labute approximate surface area is 143 Å². The molecule has 3 rings (SSSR count). The number of hydrogen-bond donors (Lipinski definition) is 1. The molecule has 24 heavy (non-hydrogen) atoms. The van der Waals surface area contributed by atoms with Gasteiger partial charge in [0.2, 0.25) is 0 Å². The first-order valence-corrected chi connectivity index (χ1v) is 8.73. The van der Waals surface area contributed by atoms with Gasteiger partial charge in [0.05, 0.1) is 18.7 Å². The molecule has 1 saturated heterocycles. The molecule has 3 atom stereocenters. The average Bonchev–Trinajstić information content (AvgIpc) is 3.14. The van der Waals surface area contributed by atoms with Gasteiger partial charge < -0.3 is 24.4 Å². The van der Waals surface area contributed by atoms with E-state index in [1.54, 1.807) is 4.90 Å². The molecule has 0 aliphatic carbocycles. The standard InChI is InChI=1S/C18H26N2O4/c1-3-20(18(21)19-13(2)15-9-6-10-22-15)11-14-12-23-16-7-4-5-8-17(16)24-14/h4-5,7-8,13-15H,3,6,9-12H2,1-2H3,(H,19,21). The first kappa shape index (κ1) is 16.9. The van der Waals surface area contributed by atoms with Crippen LogP contribution in [0.25, 0.3) is 0 Å². The van der Waals surface area contributed by atoms with Gasteiger partial charge in [0.25, 0.3) is 0 Å². The molecule has 6 nitrogen and oxygen atoms in total. The Morgan fingerprint density at radius 3 is 2.88 bits per heavy atom. The van der Waals surface area contributed by atoms with Gasteiger partial charge in [-0.05, 0) is 38.8 Å². The third-order valence-corrected chi connectivity index (χ3v) is 4.53. The second-order valence-corrected chi connectivity index (χ2v) is 6.33. The number of carbonyl (C=O) groups excluding carboxylic acids is 1. The lowest BCUT2D eigenvalue weighted by atomic mass is 10.1. The van der Waals surface area contributed by atoms with Crippen molar-refractivity contribution in [3.8, 4) is 11.5 Å². The number of hydrogen-bond acceptors (Lipinski definition) is 4. The number of carbonyl (C=O) groups is 1. The maximum Gasteiger partial charge on any atom is 0.317 e. The van der Waals surface area contributed by atoms with Crippen LogP contribution in [0.1, 0.15) is 26.7 Å². The number of fused-ring (bicyclic) bond motifs is 1. The molecule has 6 heteroatoms. The van der Waals surface area contributed by atoms with E-state index in [4.69, 9.17) is 14.2 Å². The molecular formula is C18H26N2O4. The van der Waals surface area contributed by atoms with Crippen molar-refractivity contribution in [2.45, 2.75) is 44.9 Å². The van der Waals surface area contributed by atoms with Gasteiger partial charge in [-0.2, -0.15) is 0 Å². The Kier molecular flexibility index (Phi) is 5.45. The third-order valence-electron chi connectivity index (χ3n) is 4.53. The topological polar surface area (TPSA) is 60.0 Å². The molecule has 1 fully saturated rings. The van der Waals surface area contributed by atoms with Gasteiger partial charge in [0, 0.05) is 13.2 Å². The highest BCUT2D eigenvalue weighted by Gasteiger charge is 2.28. The Hall–Kier alpha value is -1.95. The zero-order valence-electron chi connectivity index (χ0n) is 14.4. The third kappa shape index (κ3) is 3.93.